The molecule has 1 aliphatic carbocycles. The summed E-state index contributed by atoms with van der Waals surface area (Å²) in [5.41, 5.74) is 0. The molecule has 0 saturated heterocycles. The minimum absolute atomic E-state index is 0.0961. The molecular formula is C10H16O3. The Bertz CT molecular complexity index is 210. The highest BCUT2D eigenvalue weighted by atomic mass is 16.5. The number of methoxy groups -OCH3 is 1. The maximum atomic E-state index is 11.3. The fraction of sp³-hybridized carbons (Fsp3) is 0.800. The van der Waals surface area contributed by atoms with Crippen LogP contribution >= 0.6 is 0 Å². The Hall–Kier alpha value is -0.860. The van der Waals surface area contributed by atoms with Gasteiger partial charge in [0, 0.05) is 5.92 Å². The van der Waals surface area contributed by atoms with Crippen LogP contribution in [0.3, 0.4) is 0 Å². The molecule has 0 aliphatic heterocycles. The van der Waals surface area contributed by atoms with Crippen molar-refractivity contribution in [3.8, 4) is 0 Å². The van der Waals surface area contributed by atoms with Crippen molar-refractivity contribution in [2.45, 2.75) is 32.6 Å². The monoisotopic (exact) mass is 184 g/mol. The SMILES string of the molecule is COC(=O)C1CCCCC1C(C)=O. The highest BCUT2D eigenvalue weighted by molar-refractivity contribution is 5.85. The minimum atomic E-state index is -0.222. The Morgan fingerprint density at radius 3 is 2.15 bits per heavy atom. The van der Waals surface area contributed by atoms with Crippen molar-refractivity contribution in [3.05, 3.63) is 0 Å². The van der Waals surface area contributed by atoms with Gasteiger partial charge < -0.3 is 4.74 Å². The van der Waals surface area contributed by atoms with Gasteiger partial charge >= 0.3 is 5.97 Å². The van der Waals surface area contributed by atoms with Crippen LogP contribution in [0, 0.1) is 11.8 Å². The molecule has 0 amide bonds. The summed E-state index contributed by atoms with van der Waals surface area (Å²) in [5, 5.41) is 0. The zero-order valence-corrected chi connectivity index (χ0v) is 8.21. The average Bonchev–Trinajstić information content (AvgIpc) is 2.16. The van der Waals surface area contributed by atoms with E-state index < -0.39 is 0 Å². The molecule has 0 radical (unpaired) electrons. The molecule has 1 fully saturated rings. The zero-order valence-electron chi connectivity index (χ0n) is 8.21. The molecule has 1 saturated carbocycles. The van der Waals surface area contributed by atoms with Gasteiger partial charge in [-0.15, -0.1) is 0 Å². The second-order valence-corrected chi connectivity index (χ2v) is 3.63. The van der Waals surface area contributed by atoms with E-state index in [2.05, 4.69) is 4.74 Å². The molecule has 2 atom stereocenters. The predicted octanol–water partition coefficient (Wildman–Crippen LogP) is 1.55. The van der Waals surface area contributed by atoms with Gasteiger partial charge in [-0.3, -0.25) is 9.59 Å². The summed E-state index contributed by atoms with van der Waals surface area (Å²) < 4.78 is 4.68. The fourth-order valence-corrected chi connectivity index (χ4v) is 2.05. The number of hydrogen-bond donors (Lipinski definition) is 0. The summed E-state index contributed by atoms with van der Waals surface area (Å²) in [4.78, 5) is 22.5. The van der Waals surface area contributed by atoms with Gasteiger partial charge in [0.05, 0.1) is 13.0 Å². The molecular weight excluding hydrogens is 168 g/mol. The van der Waals surface area contributed by atoms with E-state index in [0.29, 0.717) is 0 Å². The Labute approximate surface area is 78.5 Å². The third-order valence-electron chi connectivity index (χ3n) is 2.79. The van der Waals surface area contributed by atoms with Crippen molar-refractivity contribution in [1.29, 1.82) is 0 Å². The first-order valence-electron chi connectivity index (χ1n) is 4.75. The molecule has 0 aromatic carbocycles. The van der Waals surface area contributed by atoms with Gasteiger partial charge in [0.15, 0.2) is 0 Å². The predicted molar refractivity (Wildman–Crippen MR) is 48.1 cm³/mol. The van der Waals surface area contributed by atoms with E-state index in [1.807, 2.05) is 0 Å². The van der Waals surface area contributed by atoms with Crippen LogP contribution in [0.2, 0.25) is 0 Å². The number of Topliss-reactive ketones (excluding diaryl/α,β-unsaturated/α-hetero) is 1. The van der Waals surface area contributed by atoms with Crippen molar-refractivity contribution < 1.29 is 14.3 Å². The van der Waals surface area contributed by atoms with Crippen LogP contribution in [0.25, 0.3) is 0 Å². The van der Waals surface area contributed by atoms with E-state index in [-0.39, 0.29) is 23.6 Å². The molecule has 0 N–H and O–H groups in total. The van der Waals surface area contributed by atoms with Crippen LogP contribution < -0.4 is 0 Å². The van der Waals surface area contributed by atoms with Gasteiger partial charge in [-0.05, 0) is 19.8 Å². The van der Waals surface area contributed by atoms with Crippen LogP contribution in [0.15, 0.2) is 0 Å². The van der Waals surface area contributed by atoms with E-state index in [1.54, 1.807) is 6.92 Å². The number of carbonyl (C=O) groups excluding carboxylic acids is 2. The van der Waals surface area contributed by atoms with Crippen molar-refractivity contribution in [1.82, 2.24) is 0 Å². The van der Waals surface area contributed by atoms with Crippen LogP contribution in [0.4, 0.5) is 0 Å². The van der Waals surface area contributed by atoms with Crippen LogP contribution in [0.5, 0.6) is 0 Å². The number of carbonyl (C=O) groups is 2. The first kappa shape index (κ1) is 10.2. The Balaban J connectivity index is 2.67. The van der Waals surface area contributed by atoms with Gasteiger partial charge in [0.25, 0.3) is 0 Å². The molecule has 3 nitrogen and oxygen atoms in total. The number of rotatable bonds is 2. The quantitative estimate of drug-likeness (QED) is 0.611. The van der Waals surface area contributed by atoms with Gasteiger partial charge in [-0.2, -0.15) is 0 Å². The second-order valence-electron chi connectivity index (χ2n) is 3.63. The van der Waals surface area contributed by atoms with E-state index in [9.17, 15) is 9.59 Å². The van der Waals surface area contributed by atoms with E-state index >= 15 is 0 Å². The van der Waals surface area contributed by atoms with Gasteiger partial charge in [-0.25, -0.2) is 0 Å². The first-order valence-corrected chi connectivity index (χ1v) is 4.75. The molecule has 0 aromatic rings. The lowest BCUT2D eigenvalue weighted by atomic mass is 9.77. The number of ether oxygens (including phenoxy) is 1. The summed E-state index contributed by atoms with van der Waals surface area (Å²) in [6, 6.07) is 0. The van der Waals surface area contributed by atoms with Gasteiger partial charge in [-0.1, -0.05) is 12.8 Å². The number of ketones is 1. The summed E-state index contributed by atoms with van der Waals surface area (Å²) in [6.45, 7) is 1.56. The number of esters is 1. The van der Waals surface area contributed by atoms with Crippen LogP contribution in [-0.4, -0.2) is 18.9 Å². The summed E-state index contributed by atoms with van der Waals surface area (Å²) in [6.07, 6.45) is 3.73. The number of hydrogen-bond acceptors (Lipinski definition) is 3. The third-order valence-corrected chi connectivity index (χ3v) is 2.79. The lowest BCUT2D eigenvalue weighted by Gasteiger charge is -2.27. The van der Waals surface area contributed by atoms with Crippen LogP contribution in [0.1, 0.15) is 32.6 Å². The standard InChI is InChI=1S/C10H16O3/c1-7(11)8-5-3-4-6-9(8)10(12)13-2/h8-9H,3-6H2,1-2H3. The topological polar surface area (TPSA) is 43.4 Å². The zero-order chi connectivity index (χ0) is 9.84. The van der Waals surface area contributed by atoms with Crippen molar-refractivity contribution >= 4 is 11.8 Å². The third kappa shape index (κ3) is 2.29. The molecule has 0 aromatic heterocycles. The van der Waals surface area contributed by atoms with Crippen molar-refractivity contribution in [2.75, 3.05) is 7.11 Å². The normalized spacial score (nSPS) is 28.2. The molecule has 74 valence electrons. The average molecular weight is 184 g/mol. The molecule has 1 rings (SSSR count). The minimum Gasteiger partial charge on any atom is -0.469 e. The van der Waals surface area contributed by atoms with Crippen molar-refractivity contribution in [3.63, 3.8) is 0 Å². The molecule has 0 bridgehead atoms. The molecule has 0 heterocycles. The Morgan fingerprint density at radius 1 is 1.15 bits per heavy atom. The van der Waals surface area contributed by atoms with Gasteiger partial charge in [0.2, 0.25) is 0 Å². The highest BCUT2D eigenvalue weighted by Crippen LogP contribution is 2.31. The Kier molecular flexibility index (Phi) is 3.46. The summed E-state index contributed by atoms with van der Waals surface area (Å²) in [7, 11) is 1.38. The maximum Gasteiger partial charge on any atom is 0.309 e. The molecule has 0 spiro atoms. The molecule has 2 unspecified atom stereocenters. The highest BCUT2D eigenvalue weighted by Gasteiger charge is 2.34. The fourth-order valence-electron chi connectivity index (χ4n) is 2.05. The molecule has 3 heteroatoms. The first-order chi connectivity index (χ1) is 6.16. The lowest BCUT2D eigenvalue weighted by Crippen LogP contribution is -2.32. The van der Waals surface area contributed by atoms with E-state index in [0.717, 1.165) is 25.7 Å². The van der Waals surface area contributed by atoms with E-state index in [1.165, 1.54) is 7.11 Å². The van der Waals surface area contributed by atoms with Crippen LogP contribution in [-0.2, 0) is 14.3 Å². The summed E-state index contributed by atoms with van der Waals surface area (Å²) in [5.74, 6) is -0.382. The second kappa shape index (κ2) is 4.40. The Morgan fingerprint density at radius 2 is 1.69 bits per heavy atom. The van der Waals surface area contributed by atoms with Crippen molar-refractivity contribution in [2.24, 2.45) is 11.8 Å². The van der Waals surface area contributed by atoms with E-state index in [4.69, 9.17) is 0 Å². The summed E-state index contributed by atoms with van der Waals surface area (Å²) >= 11 is 0. The van der Waals surface area contributed by atoms with Gasteiger partial charge in [0.1, 0.15) is 5.78 Å². The molecule has 13 heavy (non-hydrogen) atoms. The molecule has 1 aliphatic rings. The maximum absolute atomic E-state index is 11.3. The smallest absolute Gasteiger partial charge is 0.309 e. The lowest BCUT2D eigenvalue weighted by molar-refractivity contribution is -0.151. The largest absolute Gasteiger partial charge is 0.469 e.